The van der Waals surface area contributed by atoms with Crippen LogP contribution in [0.5, 0.6) is 0 Å². The second-order valence-corrected chi connectivity index (χ2v) is 12.2. The zero-order valence-electron chi connectivity index (χ0n) is 23.5. The summed E-state index contributed by atoms with van der Waals surface area (Å²) < 4.78 is 32.4. The quantitative estimate of drug-likeness (QED) is 0.305. The number of carboxylic acid groups (broad SMARTS) is 1. The lowest BCUT2D eigenvalue weighted by atomic mass is 9.87. The normalized spacial score (nSPS) is 20.0. The van der Waals surface area contributed by atoms with Crippen LogP contribution in [0.4, 0.5) is 18.7 Å². The van der Waals surface area contributed by atoms with Gasteiger partial charge in [0.2, 0.25) is 0 Å². The molecule has 2 aromatic heterocycles. The van der Waals surface area contributed by atoms with Gasteiger partial charge in [-0.15, -0.1) is 11.3 Å². The zero-order chi connectivity index (χ0) is 30.5. The Morgan fingerprint density at radius 2 is 1.93 bits per heavy atom. The Morgan fingerprint density at radius 1 is 1.11 bits per heavy atom. The van der Waals surface area contributed by atoms with Crippen LogP contribution >= 0.6 is 11.3 Å². The predicted octanol–water partition coefficient (Wildman–Crippen LogP) is 5.23. The number of thiazole rings is 1. The van der Waals surface area contributed by atoms with Gasteiger partial charge >= 0.3 is 6.09 Å². The van der Waals surface area contributed by atoms with E-state index in [1.165, 1.54) is 22.3 Å². The first kappa shape index (κ1) is 28.1. The molecule has 1 unspecified atom stereocenters. The molecule has 44 heavy (non-hydrogen) atoms. The first-order valence-electron chi connectivity index (χ1n) is 14.4. The summed E-state index contributed by atoms with van der Waals surface area (Å²) in [5.74, 6) is -1.94. The average Bonchev–Trinajstić information content (AvgIpc) is 3.81. The van der Waals surface area contributed by atoms with Gasteiger partial charge in [-0.1, -0.05) is 24.3 Å². The number of nitrogens with one attached hydrogen (secondary N) is 1. The third-order valence-electron chi connectivity index (χ3n) is 8.77. The number of carbonyl (C=O) groups excluding carboxylic acids is 2. The fraction of sp³-hybridized carbons (Fsp3) is 0.323. The molecular formula is C31H28F2N6O4S. The van der Waals surface area contributed by atoms with Gasteiger partial charge in [0.15, 0.2) is 11.2 Å². The molecule has 0 aliphatic carbocycles. The van der Waals surface area contributed by atoms with Crippen LogP contribution in [-0.2, 0) is 24.3 Å². The molecule has 0 bridgehead atoms. The van der Waals surface area contributed by atoms with Gasteiger partial charge in [0.1, 0.15) is 12.0 Å². The van der Waals surface area contributed by atoms with Gasteiger partial charge in [0.25, 0.3) is 11.8 Å². The highest BCUT2D eigenvalue weighted by atomic mass is 32.1. The van der Waals surface area contributed by atoms with Crippen molar-refractivity contribution < 1.29 is 28.3 Å². The van der Waals surface area contributed by atoms with Crippen molar-refractivity contribution in [2.45, 2.75) is 50.5 Å². The van der Waals surface area contributed by atoms with E-state index < -0.39 is 41.9 Å². The standard InChI is InChI=1S/C31H28F2N6O4S/c32-23-13-19(17-3-5-18(6-4-17)20-7-10-37(31(42)43)15-24(20)33)12-21-22(23)14-39(29(21)41)27(28(40)36-30-34-8-11-44-30)26-25-2-1-9-38(25)16-35-26/h3-6,8,11-13,16,20,24,27H,1-2,7,9-10,14-15H2,(H,42,43)(H,34,36,40)/t20-,24+,27?/m0/s1. The number of imidazole rings is 1. The van der Waals surface area contributed by atoms with E-state index in [9.17, 15) is 18.8 Å². The average molecular weight is 619 g/mol. The summed E-state index contributed by atoms with van der Waals surface area (Å²) in [6.07, 6.45) is 2.78. The molecular weight excluding hydrogens is 590 g/mol. The summed E-state index contributed by atoms with van der Waals surface area (Å²) in [4.78, 5) is 49.9. The zero-order valence-corrected chi connectivity index (χ0v) is 24.3. The number of nitrogens with zero attached hydrogens (tertiary/aromatic N) is 5. The van der Waals surface area contributed by atoms with Crippen LogP contribution in [0.1, 0.15) is 57.7 Å². The van der Waals surface area contributed by atoms with Crippen molar-refractivity contribution in [1.29, 1.82) is 0 Å². The maximum Gasteiger partial charge on any atom is 0.407 e. The lowest BCUT2D eigenvalue weighted by Crippen LogP contribution is -2.43. The number of carbonyl (C=O) groups is 3. The Hall–Kier alpha value is -4.65. The molecule has 0 radical (unpaired) electrons. The highest BCUT2D eigenvalue weighted by molar-refractivity contribution is 7.13. The number of hydrogen-bond acceptors (Lipinski definition) is 6. The van der Waals surface area contributed by atoms with Gasteiger partial charge in [-0.05, 0) is 48.1 Å². The molecule has 3 aliphatic rings. The van der Waals surface area contributed by atoms with Gasteiger partial charge in [-0.25, -0.2) is 23.5 Å². The lowest BCUT2D eigenvalue weighted by molar-refractivity contribution is -0.121. The molecule has 10 nitrogen and oxygen atoms in total. The summed E-state index contributed by atoms with van der Waals surface area (Å²) in [6.45, 7) is 0.762. The van der Waals surface area contributed by atoms with Gasteiger partial charge in [-0.2, -0.15) is 0 Å². The van der Waals surface area contributed by atoms with E-state index in [1.807, 2.05) is 4.57 Å². The van der Waals surface area contributed by atoms with Crippen molar-refractivity contribution in [2.75, 3.05) is 18.4 Å². The number of hydrogen-bond donors (Lipinski definition) is 2. The summed E-state index contributed by atoms with van der Waals surface area (Å²) in [7, 11) is 0. The molecule has 0 saturated carbocycles. The fourth-order valence-corrected chi connectivity index (χ4v) is 7.07. The summed E-state index contributed by atoms with van der Waals surface area (Å²) in [5.41, 5.74) is 3.61. The highest BCUT2D eigenvalue weighted by Crippen LogP contribution is 2.38. The monoisotopic (exact) mass is 618 g/mol. The van der Waals surface area contributed by atoms with Crippen LogP contribution in [0.3, 0.4) is 0 Å². The van der Waals surface area contributed by atoms with Crippen molar-refractivity contribution in [3.8, 4) is 11.1 Å². The topological polar surface area (TPSA) is 121 Å². The number of halogens is 2. The maximum absolute atomic E-state index is 15.6. The second kappa shape index (κ2) is 11.1. The summed E-state index contributed by atoms with van der Waals surface area (Å²) in [5, 5.41) is 14.1. The minimum atomic E-state index is -1.33. The van der Waals surface area contributed by atoms with Crippen LogP contribution < -0.4 is 5.32 Å². The first-order chi connectivity index (χ1) is 21.3. The van der Waals surface area contributed by atoms with Crippen molar-refractivity contribution in [2.24, 2.45) is 0 Å². The van der Waals surface area contributed by atoms with E-state index in [1.54, 1.807) is 48.2 Å². The van der Waals surface area contributed by atoms with E-state index in [-0.39, 0.29) is 30.8 Å². The molecule has 13 heteroatoms. The molecule has 1 fully saturated rings. The highest BCUT2D eigenvalue weighted by Gasteiger charge is 2.42. The minimum absolute atomic E-state index is 0.0889. The SMILES string of the molecule is O=C(Nc1nccs1)C(c1ncn2c1CCC2)N1Cc2c(F)cc(-c3ccc([C@@H]4CCN(C(=O)O)C[C@H]4F)cc3)cc2C1=O. The number of aromatic nitrogens is 3. The third-order valence-corrected chi connectivity index (χ3v) is 9.46. The van der Waals surface area contributed by atoms with E-state index in [0.29, 0.717) is 28.4 Å². The van der Waals surface area contributed by atoms with Crippen molar-refractivity contribution in [3.05, 3.63) is 88.2 Å². The lowest BCUT2D eigenvalue weighted by Gasteiger charge is -2.33. The van der Waals surface area contributed by atoms with Gasteiger partial charge in [-0.3, -0.25) is 14.9 Å². The van der Waals surface area contributed by atoms with Crippen LogP contribution in [0.2, 0.25) is 0 Å². The van der Waals surface area contributed by atoms with E-state index in [0.717, 1.165) is 35.5 Å². The molecule has 5 heterocycles. The third kappa shape index (κ3) is 4.90. The molecule has 3 atom stereocenters. The summed E-state index contributed by atoms with van der Waals surface area (Å²) >= 11 is 1.26. The first-order valence-corrected chi connectivity index (χ1v) is 15.3. The Balaban J connectivity index is 1.16. The van der Waals surface area contributed by atoms with E-state index >= 15 is 4.39 Å². The van der Waals surface area contributed by atoms with Gasteiger partial charge in [0, 0.05) is 47.4 Å². The number of rotatable bonds is 6. The molecule has 3 aliphatic heterocycles. The Labute approximate surface area is 255 Å². The number of aryl methyl sites for hydroxylation is 1. The Bertz CT molecular complexity index is 1760. The van der Waals surface area contributed by atoms with Crippen LogP contribution in [0, 0.1) is 5.82 Å². The largest absolute Gasteiger partial charge is 0.465 e. The smallest absolute Gasteiger partial charge is 0.407 e. The number of amides is 3. The van der Waals surface area contributed by atoms with Crippen LogP contribution in [0.15, 0.2) is 54.3 Å². The molecule has 226 valence electrons. The molecule has 0 spiro atoms. The molecule has 1 saturated heterocycles. The van der Waals surface area contributed by atoms with E-state index in [2.05, 4.69) is 15.3 Å². The molecule has 4 aromatic rings. The Kier molecular flexibility index (Phi) is 7.11. The molecule has 3 amide bonds. The maximum atomic E-state index is 15.6. The summed E-state index contributed by atoms with van der Waals surface area (Å²) in [6, 6.07) is 8.96. The van der Waals surface area contributed by atoms with Crippen molar-refractivity contribution in [3.63, 3.8) is 0 Å². The number of anilines is 1. The van der Waals surface area contributed by atoms with Crippen molar-refractivity contribution in [1.82, 2.24) is 24.3 Å². The predicted molar refractivity (Wildman–Crippen MR) is 158 cm³/mol. The number of fused-ring (bicyclic) bond motifs is 2. The second-order valence-electron chi connectivity index (χ2n) is 11.3. The minimum Gasteiger partial charge on any atom is -0.465 e. The molecule has 2 N–H and O–H groups in total. The van der Waals surface area contributed by atoms with Gasteiger partial charge < -0.3 is 19.5 Å². The van der Waals surface area contributed by atoms with Gasteiger partial charge in [0.05, 0.1) is 25.1 Å². The number of likely N-dealkylation sites (tertiary alicyclic amines) is 1. The number of benzene rings is 2. The van der Waals surface area contributed by atoms with Crippen LogP contribution in [-0.4, -0.2) is 66.6 Å². The van der Waals surface area contributed by atoms with E-state index in [4.69, 9.17) is 5.11 Å². The van der Waals surface area contributed by atoms with Crippen LogP contribution in [0.25, 0.3) is 11.1 Å². The fourth-order valence-electron chi connectivity index (χ4n) is 6.54. The number of piperidine rings is 1. The molecule has 7 rings (SSSR count). The van der Waals surface area contributed by atoms with Crippen molar-refractivity contribution >= 4 is 34.4 Å². The Morgan fingerprint density at radius 3 is 2.66 bits per heavy atom. The number of alkyl halides is 1. The molecule has 2 aromatic carbocycles.